The van der Waals surface area contributed by atoms with Gasteiger partial charge in [-0.05, 0) is 50.5 Å². The van der Waals surface area contributed by atoms with E-state index >= 15 is 0 Å². The number of nitrogens with zero attached hydrogens (tertiary/aromatic N) is 2. The summed E-state index contributed by atoms with van der Waals surface area (Å²) in [5.41, 5.74) is 4.69. The fourth-order valence-electron chi connectivity index (χ4n) is 3.26. The van der Waals surface area contributed by atoms with Crippen LogP contribution in [-0.4, -0.2) is 21.7 Å². The molecule has 0 bridgehead atoms. The maximum Gasteiger partial charge on any atom is 0.255 e. The number of aromatic nitrogens is 2. The van der Waals surface area contributed by atoms with Gasteiger partial charge in [-0.25, -0.2) is 0 Å². The van der Waals surface area contributed by atoms with E-state index in [1.807, 2.05) is 55.8 Å². The number of hydrogen-bond acceptors (Lipinski definition) is 2. The Morgan fingerprint density at radius 3 is 2.41 bits per heavy atom. The molecule has 0 radical (unpaired) electrons. The second kappa shape index (κ2) is 8.53. The number of carbonyl (C=O) groups is 1. The molecule has 1 heterocycles. The number of nitrogens with one attached hydrogen (secondary N) is 1. The average molecular weight is 426 g/mol. The Morgan fingerprint density at radius 1 is 1.07 bits per heavy atom. The van der Waals surface area contributed by atoms with Crippen molar-refractivity contribution in [3.63, 3.8) is 0 Å². The molecule has 1 amide bonds. The zero-order valence-corrected chi connectivity index (χ0v) is 17.5. The van der Waals surface area contributed by atoms with Crippen molar-refractivity contribution in [2.75, 3.05) is 0 Å². The van der Waals surface area contributed by atoms with Crippen LogP contribution in [0.3, 0.4) is 0 Å². The third-order valence-corrected chi connectivity index (χ3v) is 5.15. The van der Waals surface area contributed by atoms with Gasteiger partial charge in [0.05, 0.1) is 17.8 Å². The van der Waals surface area contributed by atoms with Crippen molar-refractivity contribution in [2.24, 2.45) is 0 Å². The van der Waals surface area contributed by atoms with Crippen LogP contribution in [0.1, 0.15) is 39.8 Å². The minimum absolute atomic E-state index is 0.0370. The third kappa shape index (κ3) is 4.86. The molecular formula is C22H24BrN3O. The van der Waals surface area contributed by atoms with Gasteiger partial charge in [0.25, 0.3) is 5.91 Å². The Morgan fingerprint density at radius 2 is 1.74 bits per heavy atom. The van der Waals surface area contributed by atoms with Crippen molar-refractivity contribution in [2.45, 2.75) is 39.8 Å². The van der Waals surface area contributed by atoms with E-state index in [0.29, 0.717) is 12.1 Å². The van der Waals surface area contributed by atoms with Crippen molar-refractivity contribution in [1.29, 1.82) is 0 Å². The maximum atomic E-state index is 12.8. The van der Waals surface area contributed by atoms with Crippen LogP contribution in [0.4, 0.5) is 0 Å². The van der Waals surface area contributed by atoms with E-state index in [9.17, 15) is 4.79 Å². The number of carbonyl (C=O) groups excluding carboxylic acids is 1. The molecule has 27 heavy (non-hydrogen) atoms. The summed E-state index contributed by atoms with van der Waals surface area (Å²) in [6, 6.07) is 18.4. The molecule has 0 aliphatic heterocycles. The highest BCUT2D eigenvalue weighted by atomic mass is 79.9. The smallest absolute Gasteiger partial charge is 0.255 e. The summed E-state index contributed by atoms with van der Waals surface area (Å²) in [6.45, 7) is 6.54. The van der Waals surface area contributed by atoms with Crippen molar-refractivity contribution in [3.05, 3.63) is 87.1 Å². The topological polar surface area (TPSA) is 46.9 Å². The Bertz CT molecular complexity index is 917. The molecule has 0 saturated heterocycles. The van der Waals surface area contributed by atoms with Gasteiger partial charge in [0, 0.05) is 16.2 Å². The van der Waals surface area contributed by atoms with Gasteiger partial charge in [-0.15, -0.1) is 0 Å². The summed E-state index contributed by atoms with van der Waals surface area (Å²) in [5.74, 6) is -0.0612. The van der Waals surface area contributed by atoms with Crippen molar-refractivity contribution < 1.29 is 4.79 Å². The fourth-order valence-corrected chi connectivity index (χ4v) is 3.52. The molecule has 3 rings (SSSR count). The number of hydrogen-bond donors (Lipinski definition) is 1. The quantitative estimate of drug-likeness (QED) is 0.623. The fraction of sp³-hybridized carbons (Fsp3) is 0.273. The van der Waals surface area contributed by atoms with Crippen LogP contribution in [0, 0.1) is 13.8 Å². The van der Waals surface area contributed by atoms with Crippen molar-refractivity contribution in [3.8, 4) is 0 Å². The van der Waals surface area contributed by atoms with E-state index in [-0.39, 0.29) is 11.9 Å². The second-order valence-electron chi connectivity index (χ2n) is 6.89. The van der Waals surface area contributed by atoms with E-state index in [4.69, 9.17) is 0 Å². The lowest BCUT2D eigenvalue weighted by Crippen LogP contribution is -2.34. The molecule has 5 heteroatoms. The van der Waals surface area contributed by atoms with Crippen LogP contribution >= 0.6 is 15.9 Å². The van der Waals surface area contributed by atoms with Gasteiger partial charge in [0.15, 0.2) is 0 Å². The van der Waals surface area contributed by atoms with Gasteiger partial charge in [-0.1, -0.05) is 58.4 Å². The van der Waals surface area contributed by atoms with Crippen molar-refractivity contribution >= 4 is 21.8 Å². The molecule has 140 valence electrons. The summed E-state index contributed by atoms with van der Waals surface area (Å²) < 4.78 is 2.96. The first-order valence-corrected chi connectivity index (χ1v) is 9.86. The molecule has 0 aliphatic rings. The van der Waals surface area contributed by atoms with Crippen LogP contribution in [0.25, 0.3) is 0 Å². The molecule has 0 aliphatic carbocycles. The zero-order valence-electron chi connectivity index (χ0n) is 15.9. The molecule has 1 unspecified atom stereocenters. The van der Waals surface area contributed by atoms with Crippen LogP contribution in [0.5, 0.6) is 0 Å². The predicted molar refractivity (Wildman–Crippen MR) is 112 cm³/mol. The Labute approximate surface area is 168 Å². The summed E-state index contributed by atoms with van der Waals surface area (Å²) in [6.07, 6.45) is 0.787. The van der Waals surface area contributed by atoms with Crippen LogP contribution < -0.4 is 5.32 Å². The van der Waals surface area contributed by atoms with Gasteiger partial charge in [0.2, 0.25) is 0 Å². The van der Waals surface area contributed by atoms with Gasteiger partial charge >= 0.3 is 0 Å². The van der Waals surface area contributed by atoms with Crippen LogP contribution in [0.15, 0.2) is 59.1 Å². The van der Waals surface area contributed by atoms with E-state index in [2.05, 4.69) is 50.6 Å². The molecule has 1 aromatic heterocycles. The standard InChI is InChI=1S/C22H24BrN3O/c1-15(13-18-9-11-20(23)12-10-18)24-22(27)21-16(2)25-26(17(21)3)14-19-7-5-4-6-8-19/h4-12,15H,13-14H2,1-3H3,(H,24,27). The molecule has 2 aromatic carbocycles. The molecule has 3 aromatic rings. The van der Waals surface area contributed by atoms with E-state index in [1.54, 1.807) is 0 Å². The zero-order chi connectivity index (χ0) is 19.4. The third-order valence-electron chi connectivity index (χ3n) is 4.62. The minimum Gasteiger partial charge on any atom is -0.349 e. The molecule has 0 spiro atoms. The Hall–Kier alpha value is -2.40. The SMILES string of the molecule is Cc1nn(Cc2ccccc2)c(C)c1C(=O)NC(C)Cc1ccc(Br)cc1. The van der Waals surface area contributed by atoms with Gasteiger partial charge in [0.1, 0.15) is 0 Å². The van der Waals surface area contributed by atoms with Crippen LogP contribution in [0.2, 0.25) is 0 Å². The van der Waals surface area contributed by atoms with E-state index in [0.717, 1.165) is 22.3 Å². The first kappa shape index (κ1) is 19.4. The first-order chi connectivity index (χ1) is 12.9. The number of aryl methyl sites for hydroxylation is 1. The Kier molecular flexibility index (Phi) is 6.11. The van der Waals surface area contributed by atoms with Gasteiger partial charge < -0.3 is 5.32 Å². The summed E-state index contributed by atoms with van der Waals surface area (Å²) in [4.78, 5) is 12.8. The Balaban J connectivity index is 1.70. The number of benzene rings is 2. The predicted octanol–water partition coefficient (Wildman–Crippen LogP) is 4.67. The lowest BCUT2D eigenvalue weighted by Gasteiger charge is -2.14. The number of halogens is 1. The normalized spacial score (nSPS) is 12.0. The van der Waals surface area contributed by atoms with Crippen LogP contribution in [-0.2, 0) is 13.0 Å². The molecule has 0 fully saturated rings. The number of rotatable bonds is 6. The molecular weight excluding hydrogens is 402 g/mol. The minimum atomic E-state index is -0.0612. The maximum absolute atomic E-state index is 12.8. The summed E-state index contributed by atoms with van der Waals surface area (Å²) >= 11 is 3.45. The lowest BCUT2D eigenvalue weighted by atomic mass is 10.1. The summed E-state index contributed by atoms with van der Waals surface area (Å²) in [7, 11) is 0. The van der Waals surface area contributed by atoms with E-state index in [1.165, 1.54) is 11.1 Å². The lowest BCUT2D eigenvalue weighted by molar-refractivity contribution is 0.0938. The molecule has 0 saturated carbocycles. The summed E-state index contributed by atoms with van der Waals surface area (Å²) in [5, 5.41) is 7.69. The highest BCUT2D eigenvalue weighted by Gasteiger charge is 2.20. The largest absolute Gasteiger partial charge is 0.349 e. The van der Waals surface area contributed by atoms with Gasteiger partial charge in [-0.2, -0.15) is 5.10 Å². The average Bonchev–Trinajstić information content (AvgIpc) is 2.91. The highest BCUT2D eigenvalue weighted by Crippen LogP contribution is 2.16. The molecule has 1 atom stereocenters. The molecule has 4 nitrogen and oxygen atoms in total. The first-order valence-electron chi connectivity index (χ1n) is 9.07. The second-order valence-corrected chi connectivity index (χ2v) is 7.81. The highest BCUT2D eigenvalue weighted by molar-refractivity contribution is 9.10. The molecule has 1 N–H and O–H groups in total. The van der Waals surface area contributed by atoms with Gasteiger partial charge in [-0.3, -0.25) is 9.48 Å². The number of amides is 1. The monoisotopic (exact) mass is 425 g/mol. The van der Waals surface area contributed by atoms with Crippen molar-refractivity contribution in [1.82, 2.24) is 15.1 Å². The van der Waals surface area contributed by atoms with E-state index < -0.39 is 0 Å².